The average Bonchev–Trinajstić information content (AvgIpc) is 2.74. The largest absolute Gasteiger partial charge is 0.382 e. The van der Waals surface area contributed by atoms with Crippen LogP contribution in [0.5, 0.6) is 0 Å². The molecule has 4 aromatic rings. The van der Waals surface area contributed by atoms with E-state index in [9.17, 15) is 10.1 Å². The summed E-state index contributed by atoms with van der Waals surface area (Å²) in [6.45, 7) is 1.81. The van der Waals surface area contributed by atoms with E-state index < -0.39 is 6.04 Å². The van der Waals surface area contributed by atoms with Crippen molar-refractivity contribution in [1.29, 1.82) is 5.26 Å². The van der Waals surface area contributed by atoms with Crippen LogP contribution in [0.15, 0.2) is 53.3 Å². The third-order valence-electron chi connectivity index (χ3n) is 4.68. The highest BCUT2D eigenvalue weighted by atomic mass is 127. The summed E-state index contributed by atoms with van der Waals surface area (Å²) in [4.78, 5) is 26.2. The van der Waals surface area contributed by atoms with Crippen molar-refractivity contribution in [3.8, 4) is 11.8 Å². The Morgan fingerprint density at radius 3 is 2.58 bits per heavy atom. The lowest BCUT2D eigenvalue weighted by atomic mass is 10.2. The minimum Gasteiger partial charge on any atom is -0.382 e. The Hall–Kier alpha value is -3.72. The third kappa shape index (κ3) is 3.87. The first-order valence-electron chi connectivity index (χ1n) is 9.26. The predicted octanol–water partition coefficient (Wildman–Crippen LogP) is 2.99. The number of halogens is 1. The van der Waals surface area contributed by atoms with Gasteiger partial charge in [0.15, 0.2) is 5.82 Å². The van der Waals surface area contributed by atoms with Gasteiger partial charge in [0.2, 0.25) is 5.95 Å². The van der Waals surface area contributed by atoms with Crippen molar-refractivity contribution in [2.24, 2.45) is 0 Å². The molecule has 0 unspecified atom stereocenters. The summed E-state index contributed by atoms with van der Waals surface area (Å²) in [5.74, 6) is 0.542. The normalized spacial score (nSPS) is 11.8. The first-order chi connectivity index (χ1) is 14.9. The van der Waals surface area contributed by atoms with Gasteiger partial charge in [-0.1, -0.05) is 18.2 Å². The van der Waals surface area contributed by atoms with Crippen LogP contribution in [0.1, 0.15) is 24.4 Å². The monoisotopic (exact) mass is 524 g/mol. The van der Waals surface area contributed by atoms with E-state index in [0.29, 0.717) is 22.4 Å². The summed E-state index contributed by atoms with van der Waals surface area (Å²) in [5, 5.41) is 13.1. The fraction of sp³-hybridized carbons (Fsp3) is 0.0952. The molecule has 9 nitrogen and oxygen atoms in total. The molecule has 0 saturated carbocycles. The Bertz CT molecular complexity index is 1390. The average molecular weight is 524 g/mol. The molecule has 0 aliphatic carbocycles. The minimum absolute atomic E-state index is 0.0220. The van der Waals surface area contributed by atoms with Crippen molar-refractivity contribution in [3.05, 3.63) is 73.8 Å². The lowest BCUT2D eigenvalue weighted by Crippen LogP contribution is -2.27. The second-order valence-electron chi connectivity index (χ2n) is 6.78. The molecule has 5 N–H and O–H groups in total. The lowest BCUT2D eigenvalue weighted by Gasteiger charge is -2.20. The van der Waals surface area contributed by atoms with Crippen molar-refractivity contribution < 1.29 is 0 Å². The lowest BCUT2D eigenvalue weighted by molar-refractivity contribution is 0.730. The summed E-state index contributed by atoms with van der Waals surface area (Å²) in [7, 11) is 0. The van der Waals surface area contributed by atoms with E-state index in [0.717, 1.165) is 3.57 Å². The van der Waals surface area contributed by atoms with E-state index in [1.165, 1.54) is 0 Å². The number of anilines is 3. The van der Waals surface area contributed by atoms with Gasteiger partial charge in [0.05, 0.1) is 22.6 Å². The van der Waals surface area contributed by atoms with Gasteiger partial charge in [-0.25, -0.2) is 4.98 Å². The minimum atomic E-state index is -0.516. The van der Waals surface area contributed by atoms with Crippen molar-refractivity contribution in [2.45, 2.75) is 13.0 Å². The van der Waals surface area contributed by atoms with Gasteiger partial charge in [-0.15, -0.1) is 0 Å². The summed E-state index contributed by atoms with van der Waals surface area (Å²) in [6.07, 6.45) is 0. The first-order valence-corrected chi connectivity index (χ1v) is 10.3. The van der Waals surface area contributed by atoms with E-state index in [-0.39, 0.29) is 28.7 Å². The second-order valence-corrected chi connectivity index (χ2v) is 8.02. The predicted molar refractivity (Wildman–Crippen MR) is 128 cm³/mol. The van der Waals surface area contributed by atoms with Crippen LogP contribution in [0, 0.1) is 14.9 Å². The Morgan fingerprint density at radius 1 is 1.13 bits per heavy atom. The molecule has 2 aromatic carbocycles. The number of benzene rings is 2. The van der Waals surface area contributed by atoms with Gasteiger partial charge in [0.25, 0.3) is 5.56 Å². The van der Waals surface area contributed by atoms with Crippen LogP contribution in [-0.4, -0.2) is 19.5 Å². The molecule has 2 aromatic heterocycles. The maximum Gasteiger partial charge on any atom is 0.266 e. The molecule has 0 bridgehead atoms. The maximum absolute atomic E-state index is 13.5. The number of aromatic nitrogens is 4. The molecule has 0 aliphatic rings. The summed E-state index contributed by atoms with van der Waals surface area (Å²) in [6, 6.07) is 16.2. The van der Waals surface area contributed by atoms with E-state index in [1.54, 1.807) is 4.57 Å². The molecule has 31 heavy (non-hydrogen) atoms. The van der Waals surface area contributed by atoms with Gasteiger partial charge in [-0.05, 0) is 59.8 Å². The Balaban J connectivity index is 1.92. The zero-order valence-corrected chi connectivity index (χ0v) is 18.5. The molecule has 0 spiro atoms. The Kier molecular flexibility index (Phi) is 5.43. The Morgan fingerprint density at radius 2 is 1.87 bits per heavy atom. The number of para-hydroxylation sites is 1. The quantitative estimate of drug-likeness (QED) is 0.345. The van der Waals surface area contributed by atoms with Crippen molar-refractivity contribution in [1.82, 2.24) is 19.5 Å². The SMILES string of the molecule is C[C@H](Nc1nc(N)nc(N)c1C#N)c1nc2ccc(I)cc2c(=O)n1-c1ccccc1. The highest BCUT2D eigenvalue weighted by molar-refractivity contribution is 14.1. The van der Waals surface area contributed by atoms with E-state index in [4.69, 9.17) is 16.5 Å². The molecule has 10 heteroatoms. The molecule has 4 rings (SSSR count). The zero-order chi connectivity index (χ0) is 22.1. The van der Waals surface area contributed by atoms with E-state index in [1.807, 2.05) is 61.5 Å². The molecule has 0 saturated heterocycles. The van der Waals surface area contributed by atoms with Crippen LogP contribution in [0.25, 0.3) is 16.6 Å². The fourth-order valence-electron chi connectivity index (χ4n) is 3.27. The second kappa shape index (κ2) is 8.19. The van der Waals surface area contributed by atoms with Gasteiger partial charge < -0.3 is 16.8 Å². The van der Waals surface area contributed by atoms with Crippen LogP contribution < -0.4 is 22.3 Å². The molecule has 0 aliphatic heterocycles. The standard InChI is InChI=1S/C21H17IN8O/c1-11(26-18-15(10-23)17(24)28-21(25)29-18)19-27-16-8-7-12(22)9-14(16)20(31)30(19)13-5-3-2-4-6-13/h2-9,11H,1H3,(H5,24,25,26,28,29)/t11-/m0/s1. The number of fused-ring (bicyclic) bond motifs is 1. The topological polar surface area (TPSA) is 149 Å². The molecule has 1 atom stereocenters. The molecular weight excluding hydrogens is 507 g/mol. The van der Waals surface area contributed by atoms with E-state index >= 15 is 0 Å². The summed E-state index contributed by atoms with van der Waals surface area (Å²) in [5.41, 5.74) is 12.6. The molecular formula is C21H17IN8O. The van der Waals surface area contributed by atoms with Gasteiger partial charge >= 0.3 is 0 Å². The van der Waals surface area contributed by atoms with Gasteiger partial charge in [-0.3, -0.25) is 9.36 Å². The van der Waals surface area contributed by atoms with Gasteiger partial charge in [0, 0.05) is 3.57 Å². The number of hydrogen-bond donors (Lipinski definition) is 3. The number of nitriles is 1. The number of nitrogens with zero attached hydrogens (tertiary/aromatic N) is 5. The third-order valence-corrected chi connectivity index (χ3v) is 5.35. The smallest absolute Gasteiger partial charge is 0.266 e. The zero-order valence-electron chi connectivity index (χ0n) is 16.4. The molecule has 154 valence electrons. The number of nitrogen functional groups attached to an aromatic ring is 2. The number of rotatable bonds is 4. The molecule has 2 heterocycles. The highest BCUT2D eigenvalue weighted by Gasteiger charge is 2.21. The summed E-state index contributed by atoms with van der Waals surface area (Å²) < 4.78 is 2.49. The number of hydrogen-bond acceptors (Lipinski definition) is 8. The highest BCUT2D eigenvalue weighted by Crippen LogP contribution is 2.25. The van der Waals surface area contributed by atoms with Crippen molar-refractivity contribution >= 4 is 51.1 Å². The summed E-state index contributed by atoms with van der Waals surface area (Å²) >= 11 is 2.17. The van der Waals surface area contributed by atoms with Gasteiger partial charge in [-0.2, -0.15) is 15.2 Å². The van der Waals surface area contributed by atoms with Crippen LogP contribution in [0.4, 0.5) is 17.6 Å². The van der Waals surface area contributed by atoms with Crippen LogP contribution in [-0.2, 0) is 0 Å². The van der Waals surface area contributed by atoms with Crippen LogP contribution >= 0.6 is 22.6 Å². The van der Waals surface area contributed by atoms with Gasteiger partial charge in [0.1, 0.15) is 23.3 Å². The Labute approximate surface area is 190 Å². The van der Waals surface area contributed by atoms with E-state index in [2.05, 4.69) is 37.9 Å². The fourth-order valence-corrected chi connectivity index (χ4v) is 3.76. The number of nitrogens with two attached hydrogens (primary N) is 2. The maximum atomic E-state index is 13.5. The molecule has 0 radical (unpaired) electrons. The molecule has 0 fully saturated rings. The number of nitrogens with one attached hydrogen (secondary N) is 1. The van der Waals surface area contributed by atoms with Crippen molar-refractivity contribution in [3.63, 3.8) is 0 Å². The van der Waals surface area contributed by atoms with Crippen LogP contribution in [0.3, 0.4) is 0 Å². The first kappa shape index (κ1) is 20.5. The van der Waals surface area contributed by atoms with Crippen LogP contribution in [0.2, 0.25) is 0 Å². The molecule has 0 amide bonds. The van der Waals surface area contributed by atoms with Crippen molar-refractivity contribution in [2.75, 3.05) is 16.8 Å².